The summed E-state index contributed by atoms with van der Waals surface area (Å²) >= 11 is 0. The Kier molecular flexibility index (Phi) is 5.66. The van der Waals surface area contributed by atoms with Crippen LogP contribution in [0.2, 0.25) is 0 Å². The van der Waals surface area contributed by atoms with Gasteiger partial charge in [-0.2, -0.15) is 0 Å². The minimum atomic E-state index is -3.48. The smallest absolute Gasteiger partial charge is 0.317 e. The zero-order valence-electron chi connectivity index (χ0n) is 14.0. The number of carboxylic acids is 1. The van der Waals surface area contributed by atoms with Crippen LogP contribution < -0.4 is 5.32 Å². The van der Waals surface area contributed by atoms with E-state index >= 15 is 0 Å². The van der Waals surface area contributed by atoms with Crippen molar-refractivity contribution in [3.8, 4) is 0 Å². The Bertz CT molecular complexity index is 781. The summed E-state index contributed by atoms with van der Waals surface area (Å²) in [5, 5.41) is 11.7. The molecule has 2 N–H and O–H groups in total. The van der Waals surface area contributed by atoms with Crippen molar-refractivity contribution in [1.29, 1.82) is 0 Å². The molecule has 1 fully saturated rings. The lowest BCUT2D eigenvalue weighted by molar-refractivity contribution is -0.143. The third kappa shape index (κ3) is 4.91. The fourth-order valence-corrected chi connectivity index (χ4v) is 3.57. The predicted octanol–water partition coefficient (Wildman–Crippen LogP) is 1.48. The molecular weight excluding hydrogens is 351 g/mol. The normalized spacial score (nSPS) is 21.0. The summed E-state index contributed by atoms with van der Waals surface area (Å²) in [5.74, 6) is -2.15. The molecule has 0 aliphatic carbocycles. The van der Waals surface area contributed by atoms with Gasteiger partial charge in [0.05, 0.1) is 10.8 Å². The van der Waals surface area contributed by atoms with E-state index in [0.29, 0.717) is 13.0 Å². The molecule has 7 nitrogen and oxygen atoms in total. The highest BCUT2D eigenvalue weighted by atomic mass is 32.2. The number of rotatable bonds is 4. The van der Waals surface area contributed by atoms with Gasteiger partial charge in [0.2, 0.25) is 0 Å². The van der Waals surface area contributed by atoms with Gasteiger partial charge in [-0.25, -0.2) is 17.6 Å². The van der Waals surface area contributed by atoms with E-state index in [-0.39, 0.29) is 29.5 Å². The second-order valence-electron chi connectivity index (χ2n) is 6.47. The maximum Gasteiger partial charge on any atom is 0.317 e. The van der Waals surface area contributed by atoms with Crippen molar-refractivity contribution in [2.75, 3.05) is 19.3 Å². The fourth-order valence-electron chi connectivity index (χ4n) is 2.90. The monoisotopic (exact) mass is 372 g/mol. The molecule has 0 bridgehead atoms. The zero-order valence-corrected chi connectivity index (χ0v) is 14.8. The molecule has 9 heteroatoms. The Morgan fingerprint density at radius 2 is 2.04 bits per heavy atom. The van der Waals surface area contributed by atoms with Crippen molar-refractivity contribution in [3.63, 3.8) is 0 Å². The standard InChI is InChI=1S/C16H21FN2O5S/c1-10-5-12(15(20)21)9-19(8-10)16(22)18-7-11-6-13(25(2,23)24)3-4-14(11)17/h3-4,6,10,12H,5,7-9H2,1-2H3,(H,18,22)(H,20,21). The summed E-state index contributed by atoms with van der Waals surface area (Å²) in [6, 6.07) is 2.90. The van der Waals surface area contributed by atoms with Crippen LogP contribution in [0.5, 0.6) is 0 Å². The van der Waals surface area contributed by atoms with Crippen LogP contribution in [0, 0.1) is 17.7 Å². The number of hydrogen-bond acceptors (Lipinski definition) is 4. The Labute approximate surface area is 145 Å². The molecule has 2 unspecified atom stereocenters. The zero-order chi connectivity index (χ0) is 18.8. The Balaban J connectivity index is 2.06. The fraction of sp³-hybridized carbons (Fsp3) is 0.500. The number of aliphatic carboxylic acids is 1. The number of urea groups is 1. The second kappa shape index (κ2) is 7.38. The van der Waals surface area contributed by atoms with E-state index < -0.39 is 33.6 Å². The number of sulfone groups is 1. The number of amides is 2. The number of nitrogens with zero attached hydrogens (tertiary/aromatic N) is 1. The van der Waals surface area contributed by atoms with Crippen molar-refractivity contribution in [3.05, 3.63) is 29.6 Å². The number of nitrogens with one attached hydrogen (secondary N) is 1. The molecule has 2 rings (SSSR count). The van der Waals surface area contributed by atoms with Crippen molar-refractivity contribution >= 4 is 21.8 Å². The van der Waals surface area contributed by atoms with Crippen LogP contribution in [-0.4, -0.2) is 49.8 Å². The molecule has 1 heterocycles. The molecule has 0 radical (unpaired) electrons. The van der Waals surface area contributed by atoms with E-state index in [9.17, 15) is 22.4 Å². The molecule has 138 valence electrons. The molecule has 2 atom stereocenters. The third-order valence-electron chi connectivity index (χ3n) is 4.17. The van der Waals surface area contributed by atoms with E-state index in [1.165, 1.54) is 17.0 Å². The number of carbonyl (C=O) groups excluding carboxylic acids is 1. The van der Waals surface area contributed by atoms with Gasteiger partial charge in [-0.05, 0) is 30.5 Å². The average Bonchev–Trinajstić information content (AvgIpc) is 2.52. The quantitative estimate of drug-likeness (QED) is 0.779. The summed E-state index contributed by atoms with van der Waals surface area (Å²) in [7, 11) is -3.48. The summed E-state index contributed by atoms with van der Waals surface area (Å²) < 4.78 is 36.9. The first kappa shape index (κ1) is 19.2. The lowest BCUT2D eigenvalue weighted by Crippen LogP contribution is -2.49. The number of benzene rings is 1. The van der Waals surface area contributed by atoms with Gasteiger partial charge >= 0.3 is 12.0 Å². The highest BCUT2D eigenvalue weighted by molar-refractivity contribution is 7.90. The molecule has 1 saturated heterocycles. The molecule has 1 aromatic rings. The number of halogens is 1. The summed E-state index contributed by atoms with van der Waals surface area (Å²) in [5.41, 5.74) is 0.0520. The molecule has 0 spiro atoms. The lowest BCUT2D eigenvalue weighted by atomic mass is 9.91. The number of carboxylic acid groups (broad SMARTS) is 1. The van der Waals surface area contributed by atoms with E-state index in [1.54, 1.807) is 0 Å². The Hall–Kier alpha value is -2.16. The van der Waals surface area contributed by atoms with Gasteiger partial charge in [-0.1, -0.05) is 6.92 Å². The molecular formula is C16H21FN2O5S. The maximum atomic E-state index is 13.8. The van der Waals surface area contributed by atoms with Crippen molar-refractivity contribution < 1.29 is 27.5 Å². The topological polar surface area (TPSA) is 104 Å². The minimum Gasteiger partial charge on any atom is -0.481 e. The van der Waals surface area contributed by atoms with Crippen molar-refractivity contribution in [2.24, 2.45) is 11.8 Å². The van der Waals surface area contributed by atoms with Crippen LogP contribution >= 0.6 is 0 Å². The van der Waals surface area contributed by atoms with Crippen LogP contribution in [0.1, 0.15) is 18.9 Å². The highest BCUT2D eigenvalue weighted by Crippen LogP contribution is 2.22. The minimum absolute atomic E-state index is 0.0318. The van der Waals surface area contributed by atoms with Gasteiger partial charge in [0.1, 0.15) is 5.82 Å². The number of carbonyl (C=O) groups is 2. The molecule has 1 aliphatic rings. The van der Waals surface area contributed by atoms with Gasteiger partial charge in [0.25, 0.3) is 0 Å². The molecule has 1 aromatic carbocycles. The number of piperidine rings is 1. The Morgan fingerprint density at radius 1 is 1.36 bits per heavy atom. The van der Waals surface area contributed by atoms with Crippen LogP contribution in [0.15, 0.2) is 23.1 Å². The van der Waals surface area contributed by atoms with Crippen LogP contribution in [0.25, 0.3) is 0 Å². The van der Waals surface area contributed by atoms with E-state index in [0.717, 1.165) is 12.3 Å². The molecule has 2 amide bonds. The van der Waals surface area contributed by atoms with Crippen molar-refractivity contribution in [1.82, 2.24) is 10.2 Å². The predicted molar refractivity (Wildman–Crippen MR) is 88.2 cm³/mol. The maximum absolute atomic E-state index is 13.8. The third-order valence-corrected chi connectivity index (χ3v) is 5.28. The molecule has 0 aromatic heterocycles. The van der Waals surface area contributed by atoms with E-state index in [2.05, 4.69) is 5.32 Å². The molecule has 0 saturated carbocycles. The van der Waals surface area contributed by atoms with Crippen LogP contribution in [0.3, 0.4) is 0 Å². The van der Waals surface area contributed by atoms with Gasteiger partial charge < -0.3 is 15.3 Å². The van der Waals surface area contributed by atoms with Gasteiger partial charge in [-0.3, -0.25) is 4.79 Å². The number of likely N-dealkylation sites (tertiary alicyclic amines) is 1. The van der Waals surface area contributed by atoms with Crippen LogP contribution in [-0.2, 0) is 21.2 Å². The van der Waals surface area contributed by atoms with E-state index in [4.69, 9.17) is 5.11 Å². The first-order valence-electron chi connectivity index (χ1n) is 7.82. The van der Waals surface area contributed by atoms with Gasteiger partial charge in [0.15, 0.2) is 9.84 Å². The largest absolute Gasteiger partial charge is 0.481 e. The SMILES string of the molecule is CC1CC(C(=O)O)CN(C(=O)NCc2cc(S(C)(=O)=O)ccc2F)C1. The average molecular weight is 372 g/mol. The number of hydrogen-bond donors (Lipinski definition) is 2. The second-order valence-corrected chi connectivity index (χ2v) is 8.48. The first-order valence-corrected chi connectivity index (χ1v) is 9.71. The van der Waals surface area contributed by atoms with Gasteiger partial charge in [0, 0.05) is 31.5 Å². The van der Waals surface area contributed by atoms with E-state index in [1.807, 2.05) is 6.92 Å². The lowest BCUT2D eigenvalue weighted by Gasteiger charge is -2.34. The van der Waals surface area contributed by atoms with Crippen LogP contribution in [0.4, 0.5) is 9.18 Å². The molecule has 25 heavy (non-hydrogen) atoms. The highest BCUT2D eigenvalue weighted by Gasteiger charge is 2.31. The summed E-state index contributed by atoms with van der Waals surface area (Å²) in [4.78, 5) is 24.8. The summed E-state index contributed by atoms with van der Waals surface area (Å²) in [6.45, 7) is 2.19. The molecule has 1 aliphatic heterocycles. The van der Waals surface area contributed by atoms with Gasteiger partial charge in [-0.15, -0.1) is 0 Å². The first-order chi connectivity index (χ1) is 11.6. The summed E-state index contributed by atoms with van der Waals surface area (Å²) in [6.07, 6.45) is 1.52. The Morgan fingerprint density at radius 3 is 2.64 bits per heavy atom. The van der Waals surface area contributed by atoms with Crippen molar-refractivity contribution in [2.45, 2.75) is 24.8 Å².